The molecule has 0 fully saturated rings. The number of hydrogen-bond acceptors (Lipinski definition) is 5. The second-order valence-corrected chi connectivity index (χ2v) is 6.10. The molecule has 0 radical (unpaired) electrons. The van der Waals surface area contributed by atoms with E-state index in [-0.39, 0.29) is 6.04 Å². The lowest BCUT2D eigenvalue weighted by Crippen LogP contribution is -2.25. The maximum atomic E-state index is 11.1. The molecule has 1 aromatic carbocycles. The molecule has 0 saturated carbocycles. The SMILES string of the molecule is CC(N)CNc1ccc2c(ccc3sc(C(=O)O)cc32)n1. The normalized spacial score (nSPS) is 12.7. The summed E-state index contributed by atoms with van der Waals surface area (Å²) in [5.74, 6) is -0.125. The first kappa shape index (κ1) is 13.8. The van der Waals surface area contributed by atoms with Crippen molar-refractivity contribution in [3.63, 3.8) is 0 Å². The van der Waals surface area contributed by atoms with E-state index in [2.05, 4.69) is 10.3 Å². The van der Waals surface area contributed by atoms with Crippen LogP contribution in [0.15, 0.2) is 30.3 Å². The van der Waals surface area contributed by atoms with Gasteiger partial charge in [-0.15, -0.1) is 11.3 Å². The molecule has 5 nitrogen and oxygen atoms in total. The van der Waals surface area contributed by atoms with Gasteiger partial charge >= 0.3 is 5.97 Å². The average molecular weight is 301 g/mol. The molecule has 1 unspecified atom stereocenters. The molecule has 3 aromatic rings. The predicted molar refractivity (Wildman–Crippen MR) is 86.2 cm³/mol. The number of benzene rings is 1. The van der Waals surface area contributed by atoms with Gasteiger partial charge in [0, 0.05) is 28.1 Å². The molecule has 2 heterocycles. The molecular formula is C15H15N3O2S. The maximum absolute atomic E-state index is 11.1. The van der Waals surface area contributed by atoms with Crippen LogP contribution in [0.5, 0.6) is 0 Å². The molecule has 0 bridgehead atoms. The molecule has 2 aromatic heterocycles. The zero-order valence-corrected chi connectivity index (χ0v) is 12.3. The third kappa shape index (κ3) is 2.68. The summed E-state index contributed by atoms with van der Waals surface area (Å²) in [5.41, 5.74) is 6.55. The second kappa shape index (κ2) is 5.31. The summed E-state index contributed by atoms with van der Waals surface area (Å²) in [6.45, 7) is 2.58. The number of hydrogen-bond donors (Lipinski definition) is 3. The van der Waals surface area contributed by atoms with Crippen LogP contribution in [0.4, 0.5) is 5.82 Å². The highest BCUT2D eigenvalue weighted by Gasteiger charge is 2.11. The molecule has 21 heavy (non-hydrogen) atoms. The van der Waals surface area contributed by atoms with Crippen molar-refractivity contribution in [2.45, 2.75) is 13.0 Å². The van der Waals surface area contributed by atoms with E-state index in [9.17, 15) is 4.79 Å². The number of fused-ring (bicyclic) bond motifs is 3. The molecule has 0 saturated heterocycles. The number of nitrogens with one attached hydrogen (secondary N) is 1. The van der Waals surface area contributed by atoms with Crippen LogP contribution in [0.25, 0.3) is 21.0 Å². The highest BCUT2D eigenvalue weighted by atomic mass is 32.1. The van der Waals surface area contributed by atoms with Crippen molar-refractivity contribution in [3.8, 4) is 0 Å². The van der Waals surface area contributed by atoms with Gasteiger partial charge in [0.15, 0.2) is 0 Å². The van der Waals surface area contributed by atoms with Gasteiger partial charge in [0.1, 0.15) is 10.7 Å². The first-order valence-electron chi connectivity index (χ1n) is 6.60. The van der Waals surface area contributed by atoms with Crippen LogP contribution in [0.1, 0.15) is 16.6 Å². The fraction of sp³-hybridized carbons (Fsp3) is 0.200. The fourth-order valence-corrected chi connectivity index (χ4v) is 3.11. The lowest BCUT2D eigenvalue weighted by atomic mass is 10.1. The number of rotatable bonds is 4. The van der Waals surface area contributed by atoms with Crippen LogP contribution in [0.2, 0.25) is 0 Å². The van der Waals surface area contributed by atoms with E-state index in [0.29, 0.717) is 11.4 Å². The molecule has 6 heteroatoms. The van der Waals surface area contributed by atoms with Crippen molar-refractivity contribution >= 4 is 44.1 Å². The minimum atomic E-state index is -0.896. The Morgan fingerprint density at radius 3 is 2.90 bits per heavy atom. The number of carbonyl (C=O) groups is 1. The Morgan fingerprint density at radius 1 is 1.38 bits per heavy atom. The Hall–Kier alpha value is -2.18. The number of thiophene rings is 1. The number of anilines is 1. The average Bonchev–Trinajstić information content (AvgIpc) is 2.89. The lowest BCUT2D eigenvalue weighted by Gasteiger charge is -2.09. The van der Waals surface area contributed by atoms with Crippen molar-refractivity contribution in [3.05, 3.63) is 35.2 Å². The summed E-state index contributed by atoms with van der Waals surface area (Å²) in [5, 5.41) is 14.2. The summed E-state index contributed by atoms with van der Waals surface area (Å²) >= 11 is 1.28. The Kier molecular flexibility index (Phi) is 3.48. The molecular weight excluding hydrogens is 286 g/mol. The minimum Gasteiger partial charge on any atom is -0.477 e. The molecule has 0 amide bonds. The van der Waals surface area contributed by atoms with Gasteiger partial charge < -0.3 is 16.2 Å². The zero-order chi connectivity index (χ0) is 15.0. The molecule has 0 aliphatic heterocycles. The van der Waals surface area contributed by atoms with Gasteiger partial charge in [-0.05, 0) is 37.3 Å². The van der Waals surface area contributed by atoms with E-state index in [4.69, 9.17) is 10.8 Å². The van der Waals surface area contributed by atoms with Crippen LogP contribution in [-0.4, -0.2) is 28.6 Å². The number of nitrogens with zero attached hydrogens (tertiary/aromatic N) is 1. The first-order valence-corrected chi connectivity index (χ1v) is 7.42. The molecule has 3 rings (SSSR count). The van der Waals surface area contributed by atoms with Crippen LogP contribution >= 0.6 is 11.3 Å². The smallest absolute Gasteiger partial charge is 0.345 e. The second-order valence-electron chi connectivity index (χ2n) is 5.01. The fourth-order valence-electron chi connectivity index (χ4n) is 2.19. The lowest BCUT2D eigenvalue weighted by molar-refractivity contribution is 0.0702. The van der Waals surface area contributed by atoms with Gasteiger partial charge in [-0.25, -0.2) is 9.78 Å². The van der Waals surface area contributed by atoms with Crippen molar-refractivity contribution < 1.29 is 9.90 Å². The molecule has 4 N–H and O–H groups in total. The van der Waals surface area contributed by atoms with Gasteiger partial charge in [-0.2, -0.15) is 0 Å². The van der Waals surface area contributed by atoms with Crippen LogP contribution < -0.4 is 11.1 Å². The number of nitrogens with two attached hydrogens (primary N) is 1. The van der Waals surface area contributed by atoms with Crippen molar-refractivity contribution in [2.24, 2.45) is 5.73 Å². The highest BCUT2D eigenvalue weighted by molar-refractivity contribution is 7.20. The Labute approximate surface area is 125 Å². The van der Waals surface area contributed by atoms with E-state index in [0.717, 1.165) is 26.8 Å². The molecule has 0 aliphatic rings. The van der Waals surface area contributed by atoms with Crippen molar-refractivity contribution in [1.82, 2.24) is 4.98 Å². The van der Waals surface area contributed by atoms with Crippen LogP contribution in [0, 0.1) is 0 Å². The topological polar surface area (TPSA) is 88.2 Å². The zero-order valence-electron chi connectivity index (χ0n) is 11.5. The van der Waals surface area contributed by atoms with Crippen LogP contribution in [0.3, 0.4) is 0 Å². The van der Waals surface area contributed by atoms with Crippen molar-refractivity contribution in [1.29, 1.82) is 0 Å². The number of aromatic nitrogens is 1. The van der Waals surface area contributed by atoms with E-state index >= 15 is 0 Å². The summed E-state index contributed by atoms with van der Waals surface area (Å²) in [7, 11) is 0. The largest absolute Gasteiger partial charge is 0.477 e. The highest BCUT2D eigenvalue weighted by Crippen LogP contribution is 2.32. The Balaban J connectivity index is 2.07. The minimum absolute atomic E-state index is 0.0555. The number of carboxylic acids is 1. The van der Waals surface area contributed by atoms with Gasteiger partial charge in [-0.1, -0.05) is 0 Å². The molecule has 1 atom stereocenters. The van der Waals surface area contributed by atoms with Crippen LogP contribution in [-0.2, 0) is 0 Å². The summed E-state index contributed by atoms with van der Waals surface area (Å²) in [6.07, 6.45) is 0. The third-order valence-corrected chi connectivity index (χ3v) is 4.27. The summed E-state index contributed by atoms with van der Waals surface area (Å²) < 4.78 is 0.956. The quantitative estimate of drug-likeness (QED) is 0.689. The third-order valence-electron chi connectivity index (χ3n) is 3.18. The van der Waals surface area contributed by atoms with Crippen molar-refractivity contribution in [2.75, 3.05) is 11.9 Å². The summed E-state index contributed by atoms with van der Waals surface area (Å²) in [6, 6.07) is 9.45. The van der Waals surface area contributed by atoms with E-state index in [1.54, 1.807) is 6.07 Å². The summed E-state index contributed by atoms with van der Waals surface area (Å²) in [4.78, 5) is 16.0. The first-order chi connectivity index (χ1) is 10.0. The number of carboxylic acid groups (broad SMARTS) is 1. The van der Waals surface area contributed by atoms with Gasteiger partial charge in [0.2, 0.25) is 0 Å². The van der Waals surface area contributed by atoms with Gasteiger partial charge in [0.25, 0.3) is 0 Å². The van der Waals surface area contributed by atoms with E-state index in [1.165, 1.54) is 11.3 Å². The molecule has 108 valence electrons. The molecule has 0 spiro atoms. The number of aromatic carboxylic acids is 1. The Morgan fingerprint density at radius 2 is 2.19 bits per heavy atom. The number of pyridine rings is 1. The van der Waals surface area contributed by atoms with E-state index < -0.39 is 5.97 Å². The van der Waals surface area contributed by atoms with Gasteiger partial charge in [-0.3, -0.25) is 0 Å². The predicted octanol–water partition coefficient (Wildman–Crippen LogP) is 2.91. The Bertz CT molecular complexity index is 826. The standard InChI is InChI=1S/C15H15N3O2S/c1-8(16)7-17-14-5-2-9-10-6-13(15(19)20)21-12(10)4-3-11(9)18-14/h2-6,8H,7,16H2,1H3,(H,17,18)(H,19,20). The molecule has 0 aliphatic carbocycles. The van der Waals surface area contributed by atoms with Gasteiger partial charge in [0.05, 0.1) is 5.52 Å². The maximum Gasteiger partial charge on any atom is 0.345 e. The van der Waals surface area contributed by atoms with E-state index in [1.807, 2.05) is 31.2 Å². The monoisotopic (exact) mass is 301 g/mol.